The molecule has 1 aromatic carbocycles. The molecule has 0 aliphatic rings. The first-order chi connectivity index (χ1) is 17.9. The lowest BCUT2D eigenvalue weighted by Gasteiger charge is -2.19. The molecule has 38 heavy (non-hydrogen) atoms. The van der Waals surface area contributed by atoms with E-state index in [2.05, 4.69) is 20.4 Å². The van der Waals surface area contributed by atoms with E-state index in [9.17, 15) is 27.9 Å². The third-order valence-corrected chi connectivity index (χ3v) is 6.17. The highest BCUT2D eigenvalue weighted by atomic mass is 19.4. The molecular formula is C26H27F3N6O3. The predicted molar refractivity (Wildman–Crippen MR) is 137 cm³/mol. The zero-order valence-corrected chi connectivity index (χ0v) is 21.0. The lowest BCUT2D eigenvalue weighted by molar-refractivity contribution is -0.138. The van der Waals surface area contributed by atoms with E-state index in [1.807, 2.05) is 23.3 Å². The zero-order chi connectivity index (χ0) is 27.7. The molecule has 0 saturated heterocycles. The molecule has 0 radical (unpaired) electrons. The molecule has 4 aromatic rings. The molecule has 9 nitrogen and oxygen atoms in total. The number of rotatable bonds is 8. The molecule has 0 saturated carbocycles. The van der Waals surface area contributed by atoms with E-state index in [-0.39, 0.29) is 12.1 Å². The molecule has 0 bridgehead atoms. The summed E-state index contributed by atoms with van der Waals surface area (Å²) in [5.41, 5.74) is -3.44. The fourth-order valence-corrected chi connectivity index (χ4v) is 4.16. The highest BCUT2D eigenvalue weighted by Gasteiger charge is 2.37. The van der Waals surface area contributed by atoms with E-state index >= 15 is 0 Å². The summed E-state index contributed by atoms with van der Waals surface area (Å²) in [6.07, 6.45) is -0.0766. The van der Waals surface area contributed by atoms with Crippen LogP contribution in [0, 0.1) is 0 Å². The summed E-state index contributed by atoms with van der Waals surface area (Å²) in [5, 5.41) is 19.4. The molecule has 0 fully saturated rings. The first-order valence-electron chi connectivity index (χ1n) is 12.0. The fourth-order valence-electron chi connectivity index (χ4n) is 4.16. The van der Waals surface area contributed by atoms with Crippen molar-refractivity contribution >= 4 is 16.5 Å². The fraction of sp³-hybridized carbons (Fsp3) is 0.346. The molecule has 12 heteroatoms. The number of hydrogen-bond donors (Lipinski definition) is 3. The second kappa shape index (κ2) is 10.4. The lowest BCUT2D eigenvalue weighted by Crippen LogP contribution is -2.28. The maximum Gasteiger partial charge on any atom is 0.423 e. The van der Waals surface area contributed by atoms with Crippen LogP contribution in [0.2, 0.25) is 0 Å². The number of aromatic amines is 1. The van der Waals surface area contributed by atoms with Crippen LogP contribution >= 0.6 is 0 Å². The SMILES string of the molecule is C[C@@H](CCCn1c(-c2ncc(C(C)(C)O)cn2)cc2ccccc2c1=O)Nc1cn[nH]c(=O)c1C(F)(F)F. The van der Waals surface area contributed by atoms with E-state index in [0.717, 1.165) is 11.6 Å². The summed E-state index contributed by atoms with van der Waals surface area (Å²) >= 11 is 0. The summed E-state index contributed by atoms with van der Waals surface area (Å²) in [6.45, 7) is 5.17. The maximum absolute atomic E-state index is 13.4. The van der Waals surface area contributed by atoms with Gasteiger partial charge in [0.05, 0.1) is 23.2 Å². The molecule has 3 N–H and O–H groups in total. The molecule has 3 aromatic heterocycles. The second-order valence-corrected chi connectivity index (χ2v) is 9.60. The van der Waals surface area contributed by atoms with Crippen LogP contribution < -0.4 is 16.4 Å². The van der Waals surface area contributed by atoms with Crippen molar-refractivity contribution in [2.45, 2.75) is 58.0 Å². The summed E-state index contributed by atoms with van der Waals surface area (Å²) in [6, 6.07) is 8.48. The van der Waals surface area contributed by atoms with Crippen LogP contribution in [0.5, 0.6) is 0 Å². The van der Waals surface area contributed by atoms with Crippen LogP contribution in [0.4, 0.5) is 18.9 Å². The average Bonchev–Trinajstić information content (AvgIpc) is 2.84. The molecule has 0 amide bonds. The molecule has 200 valence electrons. The normalized spacial score (nSPS) is 13.0. The topological polar surface area (TPSA) is 126 Å². The van der Waals surface area contributed by atoms with Gasteiger partial charge in [0.1, 0.15) is 5.56 Å². The molecule has 3 heterocycles. The van der Waals surface area contributed by atoms with Gasteiger partial charge in [-0.15, -0.1) is 0 Å². The van der Waals surface area contributed by atoms with Gasteiger partial charge in [0.2, 0.25) is 0 Å². The van der Waals surface area contributed by atoms with Gasteiger partial charge in [0, 0.05) is 35.9 Å². The number of H-pyrrole nitrogens is 1. The van der Waals surface area contributed by atoms with E-state index in [0.29, 0.717) is 35.3 Å². The number of hydrogen-bond acceptors (Lipinski definition) is 7. The van der Waals surface area contributed by atoms with Gasteiger partial charge in [0.25, 0.3) is 11.1 Å². The highest BCUT2D eigenvalue weighted by Crippen LogP contribution is 2.32. The number of pyridine rings is 1. The minimum Gasteiger partial charge on any atom is -0.386 e. The first-order valence-corrected chi connectivity index (χ1v) is 12.0. The summed E-state index contributed by atoms with van der Waals surface area (Å²) in [7, 11) is 0. The molecule has 0 aliphatic heterocycles. The molecule has 1 atom stereocenters. The third-order valence-electron chi connectivity index (χ3n) is 6.17. The first kappa shape index (κ1) is 27.0. The van der Waals surface area contributed by atoms with Gasteiger partial charge in [-0.2, -0.15) is 18.3 Å². The van der Waals surface area contributed by atoms with E-state index in [1.54, 1.807) is 37.5 Å². The Hall–Kier alpha value is -4.06. The Labute approximate surface area is 215 Å². The molecular weight excluding hydrogens is 501 g/mol. The number of benzene rings is 1. The minimum absolute atomic E-state index is 0.243. The Morgan fingerprint density at radius 3 is 2.45 bits per heavy atom. The van der Waals surface area contributed by atoms with Crippen LogP contribution in [0.15, 0.2) is 58.5 Å². The number of halogens is 3. The van der Waals surface area contributed by atoms with E-state index < -0.39 is 34.6 Å². The van der Waals surface area contributed by atoms with Crippen molar-refractivity contribution in [3.05, 3.63) is 80.8 Å². The molecule has 0 aliphatic carbocycles. The maximum atomic E-state index is 13.4. The Morgan fingerprint density at radius 1 is 1.11 bits per heavy atom. The third kappa shape index (κ3) is 5.75. The zero-order valence-electron chi connectivity index (χ0n) is 21.0. The van der Waals surface area contributed by atoms with Crippen LogP contribution in [-0.4, -0.2) is 35.9 Å². The van der Waals surface area contributed by atoms with Gasteiger partial charge in [-0.25, -0.2) is 15.1 Å². The van der Waals surface area contributed by atoms with Crippen molar-refractivity contribution in [2.24, 2.45) is 0 Å². The Balaban J connectivity index is 1.59. The van der Waals surface area contributed by atoms with Crippen LogP contribution in [-0.2, 0) is 18.3 Å². The number of alkyl halides is 3. The predicted octanol–water partition coefficient (Wildman–Crippen LogP) is 4.07. The lowest BCUT2D eigenvalue weighted by atomic mass is 10.0. The van der Waals surface area contributed by atoms with Crippen molar-refractivity contribution in [1.82, 2.24) is 24.7 Å². The average molecular weight is 529 g/mol. The number of nitrogens with one attached hydrogen (secondary N) is 2. The van der Waals surface area contributed by atoms with Gasteiger partial charge >= 0.3 is 6.18 Å². The number of aromatic nitrogens is 5. The van der Waals surface area contributed by atoms with Crippen molar-refractivity contribution < 1.29 is 18.3 Å². The van der Waals surface area contributed by atoms with Crippen molar-refractivity contribution in [3.8, 4) is 11.5 Å². The van der Waals surface area contributed by atoms with Crippen molar-refractivity contribution in [3.63, 3.8) is 0 Å². The van der Waals surface area contributed by atoms with E-state index in [4.69, 9.17) is 0 Å². The monoisotopic (exact) mass is 528 g/mol. The number of anilines is 1. The van der Waals surface area contributed by atoms with E-state index in [1.165, 1.54) is 12.4 Å². The molecule has 0 unspecified atom stereocenters. The Morgan fingerprint density at radius 2 is 1.79 bits per heavy atom. The number of nitrogens with zero attached hydrogens (tertiary/aromatic N) is 4. The summed E-state index contributed by atoms with van der Waals surface area (Å²) in [4.78, 5) is 33.9. The Bertz CT molecular complexity index is 1560. The van der Waals surface area contributed by atoms with Crippen molar-refractivity contribution in [2.75, 3.05) is 5.32 Å². The van der Waals surface area contributed by atoms with Crippen molar-refractivity contribution in [1.29, 1.82) is 0 Å². The standard InChI is InChI=1S/C26H27F3N6O3/c1-15(33-19-14-32-34-23(36)21(19)26(27,28)29)7-6-10-35-20(11-16-8-4-5-9-18(16)24(35)37)22-30-12-17(13-31-22)25(2,3)38/h4-5,8-9,11-15,38H,6-7,10H2,1-3H3,(H2,33,34,36)/t15-/m0/s1. The molecule has 0 spiro atoms. The van der Waals surface area contributed by atoms with Gasteiger partial charge in [-0.1, -0.05) is 18.2 Å². The Kier molecular flexibility index (Phi) is 7.36. The second-order valence-electron chi connectivity index (χ2n) is 9.60. The minimum atomic E-state index is -4.84. The van der Waals surface area contributed by atoms with Gasteiger partial charge in [-0.05, 0) is 51.1 Å². The van der Waals surface area contributed by atoms with Gasteiger partial charge in [0.15, 0.2) is 5.82 Å². The number of aliphatic hydroxyl groups is 1. The number of fused-ring (bicyclic) bond motifs is 1. The summed E-state index contributed by atoms with van der Waals surface area (Å²) < 4.78 is 41.6. The van der Waals surface area contributed by atoms with Crippen LogP contribution in [0.1, 0.15) is 44.7 Å². The van der Waals surface area contributed by atoms with Gasteiger partial charge < -0.3 is 15.0 Å². The smallest absolute Gasteiger partial charge is 0.386 e. The summed E-state index contributed by atoms with van der Waals surface area (Å²) in [5.74, 6) is 0.302. The largest absolute Gasteiger partial charge is 0.423 e. The highest BCUT2D eigenvalue weighted by molar-refractivity contribution is 5.84. The van der Waals surface area contributed by atoms with Crippen LogP contribution in [0.3, 0.4) is 0 Å². The van der Waals surface area contributed by atoms with Crippen LogP contribution in [0.25, 0.3) is 22.3 Å². The molecule has 4 rings (SSSR count). The van der Waals surface area contributed by atoms with Gasteiger partial charge in [-0.3, -0.25) is 9.59 Å². The quantitative estimate of drug-likeness (QED) is 0.315.